The van der Waals surface area contributed by atoms with Crippen molar-refractivity contribution >= 4 is 11.6 Å². The van der Waals surface area contributed by atoms with Crippen molar-refractivity contribution in [2.75, 3.05) is 0 Å². The standard InChI is InChI=1S/C21H32O2/c1-15(2)7-10-20-11-9-17(22)21(18(20)23,12-8-16(3)4)19(5,6)13-14-20/h7-8H,9-14H2,1-6H3/t20-,21-/m0/s1. The maximum Gasteiger partial charge on any atom is 0.153 e. The molecule has 2 rings (SSSR count). The maximum atomic E-state index is 13.6. The smallest absolute Gasteiger partial charge is 0.153 e. The Kier molecular flexibility index (Phi) is 4.76. The van der Waals surface area contributed by atoms with Crippen molar-refractivity contribution in [2.45, 2.75) is 80.1 Å². The molecule has 0 aliphatic heterocycles. The number of carbonyl (C=O) groups is 2. The van der Waals surface area contributed by atoms with Gasteiger partial charge in [-0.1, -0.05) is 37.1 Å². The number of rotatable bonds is 4. The summed E-state index contributed by atoms with van der Waals surface area (Å²) in [5.74, 6) is 0.407. The summed E-state index contributed by atoms with van der Waals surface area (Å²) in [7, 11) is 0. The summed E-state index contributed by atoms with van der Waals surface area (Å²) in [6.07, 6.45) is 8.84. The van der Waals surface area contributed by atoms with Gasteiger partial charge in [0.15, 0.2) is 5.78 Å². The van der Waals surface area contributed by atoms with Crippen LogP contribution in [0.3, 0.4) is 0 Å². The van der Waals surface area contributed by atoms with E-state index in [9.17, 15) is 9.59 Å². The van der Waals surface area contributed by atoms with Crippen LogP contribution < -0.4 is 0 Å². The quantitative estimate of drug-likeness (QED) is 0.512. The zero-order chi connectivity index (χ0) is 17.5. The summed E-state index contributed by atoms with van der Waals surface area (Å²) >= 11 is 0. The van der Waals surface area contributed by atoms with Gasteiger partial charge in [0.05, 0.1) is 5.41 Å². The molecule has 2 aliphatic rings. The lowest BCUT2D eigenvalue weighted by molar-refractivity contribution is -0.170. The van der Waals surface area contributed by atoms with Gasteiger partial charge in [0, 0.05) is 11.8 Å². The average Bonchev–Trinajstić information content (AvgIpc) is 2.44. The van der Waals surface area contributed by atoms with Gasteiger partial charge in [-0.25, -0.2) is 0 Å². The van der Waals surface area contributed by atoms with E-state index in [1.54, 1.807) is 0 Å². The lowest BCUT2D eigenvalue weighted by atomic mass is 9.43. The number of hydrogen-bond donors (Lipinski definition) is 0. The maximum absolute atomic E-state index is 13.6. The summed E-state index contributed by atoms with van der Waals surface area (Å²) in [6, 6.07) is 0. The minimum atomic E-state index is -0.809. The first-order chi connectivity index (χ1) is 10.6. The summed E-state index contributed by atoms with van der Waals surface area (Å²) in [6.45, 7) is 12.5. The number of allylic oxidation sites excluding steroid dienone is 4. The second-order valence-electron chi connectivity index (χ2n) is 8.79. The Morgan fingerprint density at radius 1 is 0.913 bits per heavy atom. The molecule has 0 N–H and O–H groups in total. The largest absolute Gasteiger partial charge is 0.299 e. The van der Waals surface area contributed by atoms with E-state index in [0.717, 1.165) is 25.7 Å². The summed E-state index contributed by atoms with van der Waals surface area (Å²) in [5, 5.41) is 0. The van der Waals surface area contributed by atoms with Gasteiger partial charge < -0.3 is 0 Å². The van der Waals surface area contributed by atoms with E-state index in [-0.39, 0.29) is 22.4 Å². The highest BCUT2D eigenvalue weighted by Gasteiger charge is 2.65. The first-order valence-corrected chi connectivity index (χ1v) is 8.92. The zero-order valence-electron chi connectivity index (χ0n) is 15.7. The molecule has 2 nitrogen and oxygen atoms in total. The van der Waals surface area contributed by atoms with E-state index in [0.29, 0.717) is 12.8 Å². The van der Waals surface area contributed by atoms with Crippen molar-refractivity contribution in [3.8, 4) is 0 Å². The van der Waals surface area contributed by atoms with E-state index in [4.69, 9.17) is 0 Å². The van der Waals surface area contributed by atoms with E-state index in [1.807, 2.05) is 13.8 Å². The molecular weight excluding hydrogens is 284 g/mol. The third-order valence-corrected chi connectivity index (χ3v) is 6.28. The predicted octanol–water partition coefficient (Wildman–Crippen LogP) is 5.42. The minimum absolute atomic E-state index is 0.178. The number of fused-ring (bicyclic) bond motifs is 2. The van der Waals surface area contributed by atoms with Gasteiger partial charge in [-0.3, -0.25) is 9.59 Å². The highest BCUT2D eigenvalue weighted by atomic mass is 16.2. The molecule has 128 valence electrons. The molecule has 0 amide bonds. The van der Waals surface area contributed by atoms with Gasteiger partial charge in [0.1, 0.15) is 5.78 Å². The van der Waals surface area contributed by atoms with Crippen molar-refractivity contribution in [3.63, 3.8) is 0 Å². The number of hydrogen-bond acceptors (Lipinski definition) is 2. The van der Waals surface area contributed by atoms with Gasteiger partial charge >= 0.3 is 0 Å². The van der Waals surface area contributed by atoms with E-state index < -0.39 is 5.41 Å². The summed E-state index contributed by atoms with van der Waals surface area (Å²) in [5.41, 5.74) is 1.07. The first-order valence-electron chi connectivity index (χ1n) is 8.92. The topological polar surface area (TPSA) is 34.1 Å². The van der Waals surface area contributed by atoms with Gasteiger partial charge in [0.2, 0.25) is 0 Å². The summed E-state index contributed by atoms with van der Waals surface area (Å²) < 4.78 is 0. The molecule has 2 atom stereocenters. The van der Waals surface area contributed by atoms with Gasteiger partial charge in [-0.15, -0.1) is 0 Å². The van der Waals surface area contributed by atoms with Gasteiger partial charge in [-0.2, -0.15) is 0 Å². The molecule has 0 heterocycles. The monoisotopic (exact) mass is 316 g/mol. The fourth-order valence-corrected chi connectivity index (χ4v) is 4.48. The fraction of sp³-hybridized carbons (Fsp3) is 0.714. The van der Waals surface area contributed by atoms with Crippen LogP contribution in [0.4, 0.5) is 0 Å². The Morgan fingerprint density at radius 3 is 2.04 bits per heavy atom. The molecule has 0 aromatic carbocycles. The Balaban J connectivity index is 2.52. The van der Waals surface area contributed by atoms with Crippen LogP contribution in [0.25, 0.3) is 0 Å². The lowest BCUT2D eigenvalue weighted by Crippen LogP contribution is -2.62. The molecule has 0 spiro atoms. The fourth-order valence-electron chi connectivity index (χ4n) is 4.48. The normalized spacial score (nSPS) is 32.4. The minimum Gasteiger partial charge on any atom is -0.299 e. The molecule has 0 aromatic rings. The van der Waals surface area contributed by atoms with Crippen molar-refractivity contribution < 1.29 is 9.59 Å². The molecule has 2 heteroatoms. The molecule has 2 saturated carbocycles. The van der Waals surface area contributed by atoms with E-state index in [2.05, 4.69) is 39.8 Å². The summed E-state index contributed by atoms with van der Waals surface area (Å²) in [4.78, 5) is 26.6. The SMILES string of the molecule is CC(C)=CC[C@@]12CCC(=O)[C@@](CC=C(C)C)(C1=O)C(C)(C)CC2. The van der Waals surface area contributed by atoms with Crippen molar-refractivity contribution in [3.05, 3.63) is 23.3 Å². The Bertz CT molecular complexity index is 571. The molecular formula is C21H32O2. The highest BCUT2D eigenvalue weighted by molar-refractivity contribution is 6.13. The van der Waals surface area contributed by atoms with Crippen LogP contribution in [0.2, 0.25) is 0 Å². The molecule has 2 bridgehead atoms. The highest BCUT2D eigenvalue weighted by Crippen LogP contribution is 2.62. The number of carbonyl (C=O) groups excluding carboxylic acids is 2. The molecule has 23 heavy (non-hydrogen) atoms. The van der Waals surface area contributed by atoms with Crippen molar-refractivity contribution in [2.24, 2.45) is 16.2 Å². The van der Waals surface area contributed by atoms with Crippen LogP contribution in [0, 0.1) is 16.2 Å². The molecule has 0 radical (unpaired) electrons. The molecule has 0 saturated heterocycles. The zero-order valence-corrected chi connectivity index (χ0v) is 15.7. The Labute approximate surface area is 141 Å². The number of Topliss-reactive ketones (excluding diaryl/α,β-unsaturated/α-hetero) is 2. The van der Waals surface area contributed by atoms with E-state index >= 15 is 0 Å². The van der Waals surface area contributed by atoms with Gasteiger partial charge in [-0.05, 0) is 65.2 Å². The molecule has 0 unspecified atom stereocenters. The second kappa shape index (κ2) is 6.03. The lowest BCUT2D eigenvalue weighted by Gasteiger charge is -2.57. The van der Waals surface area contributed by atoms with Crippen LogP contribution in [0.1, 0.15) is 80.1 Å². The van der Waals surface area contributed by atoms with Gasteiger partial charge in [0.25, 0.3) is 0 Å². The Hall–Kier alpha value is -1.18. The number of ketones is 2. The van der Waals surface area contributed by atoms with Crippen LogP contribution in [-0.4, -0.2) is 11.6 Å². The molecule has 2 aliphatic carbocycles. The van der Waals surface area contributed by atoms with Crippen LogP contribution >= 0.6 is 0 Å². The molecule has 2 fully saturated rings. The average molecular weight is 316 g/mol. The predicted molar refractivity (Wildman–Crippen MR) is 95.2 cm³/mol. The third kappa shape index (κ3) is 2.86. The molecule has 0 aromatic heterocycles. The van der Waals surface area contributed by atoms with Crippen LogP contribution in [-0.2, 0) is 9.59 Å². The van der Waals surface area contributed by atoms with Crippen LogP contribution in [0.5, 0.6) is 0 Å². The van der Waals surface area contributed by atoms with Crippen molar-refractivity contribution in [1.29, 1.82) is 0 Å². The van der Waals surface area contributed by atoms with Crippen molar-refractivity contribution in [1.82, 2.24) is 0 Å². The third-order valence-electron chi connectivity index (χ3n) is 6.28. The first kappa shape index (κ1) is 18.2. The van der Waals surface area contributed by atoms with E-state index in [1.165, 1.54) is 11.1 Å². The van der Waals surface area contributed by atoms with Crippen LogP contribution in [0.15, 0.2) is 23.3 Å². The second-order valence-corrected chi connectivity index (χ2v) is 8.79. The Morgan fingerprint density at radius 2 is 1.48 bits per heavy atom.